The molecule has 1 aromatic heterocycles. The second-order valence-electron chi connectivity index (χ2n) is 5.37. The Kier molecular flexibility index (Phi) is 5.43. The van der Waals surface area contributed by atoms with E-state index in [0.717, 1.165) is 27.8 Å². The van der Waals surface area contributed by atoms with E-state index in [9.17, 15) is 5.11 Å². The summed E-state index contributed by atoms with van der Waals surface area (Å²) in [4.78, 5) is 2.08. The third kappa shape index (κ3) is 4.07. The van der Waals surface area contributed by atoms with E-state index in [2.05, 4.69) is 25.9 Å². The number of aliphatic hydroxyl groups is 1. The topological polar surface area (TPSA) is 41.3 Å². The second-order valence-corrected chi connectivity index (χ2v) is 6.66. The molecule has 1 aromatic carbocycles. The monoisotopic (exact) mass is 371 g/mol. The molecule has 0 aliphatic carbocycles. The number of likely N-dealkylation sites (N-methyl/N-ethyl adjacent to an activating group) is 1. The van der Waals surface area contributed by atoms with Crippen molar-refractivity contribution in [3.63, 3.8) is 0 Å². The number of aromatic nitrogens is 2. The minimum absolute atomic E-state index is 0.625. The maximum Gasteiger partial charge on any atom is 0.122 e. The average Bonchev–Trinajstić information content (AvgIpc) is 2.75. The first-order chi connectivity index (χ1) is 9.88. The molecule has 0 spiro atoms. The van der Waals surface area contributed by atoms with Crippen LogP contribution in [0.3, 0.4) is 0 Å². The van der Waals surface area contributed by atoms with Gasteiger partial charge < -0.3 is 10.0 Å². The van der Waals surface area contributed by atoms with E-state index in [1.807, 2.05) is 37.8 Å². The summed E-state index contributed by atoms with van der Waals surface area (Å²) in [5, 5.41) is 15.6. The van der Waals surface area contributed by atoms with E-state index in [0.29, 0.717) is 11.6 Å². The molecular formula is C15H19BrClN3O. The summed E-state index contributed by atoms with van der Waals surface area (Å²) in [5.74, 6) is 0. The highest BCUT2D eigenvalue weighted by Gasteiger charge is 2.20. The molecule has 0 aliphatic heterocycles. The van der Waals surface area contributed by atoms with Crippen LogP contribution in [0.1, 0.15) is 22.9 Å². The summed E-state index contributed by atoms with van der Waals surface area (Å²) < 4.78 is 2.62. The highest BCUT2D eigenvalue weighted by Crippen LogP contribution is 2.30. The van der Waals surface area contributed by atoms with Gasteiger partial charge >= 0.3 is 0 Å². The Labute approximate surface area is 138 Å². The van der Waals surface area contributed by atoms with Gasteiger partial charge in [-0.05, 0) is 60.2 Å². The van der Waals surface area contributed by atoms with Gasteiger partial charge in [-0.2, -0.15) is 5.10 Å². The number of nitrogens with zero attached hydrogens (tertiary/aromatic N) is 3. The zero-order valence-corrected chi connectivity index (χ0v) is 14.7. The SMILES string of the molecule is Cc1cc(Cl)cc(C(O)c2c(Br)cnn2CCN(C)C)c1. The Balaban J connectivity index is 2.33. The lowest BCUT2D eigenvalue weighted by molar-refractivity contribution is 0.204. The van der Waals surface area contributed by atoms with Crippen LogP contribution in [0.2, 0.25) is 5.02 Å². The predicted molar refractivity (Wildman–Crippen MR) is 88.7 cm³/mol. The quantitative estimate of drug-likeness (QED) is 0.876. The van der Waals surface area contributed by atoms with E-state index < -0.39 is 6.10 Å². The fraction of sp³-hybridized carbons (Fsp3) is 0.400. The molecule has 2 rings (SSSR count). The normalized spacial score (nSPS) is 12.9. The van der Waals surface area contributed by atoms with Crippen molar-refractivity contribution in [3.05, 3.63) is 50.7 Å². The predicted octanol–water partition coefficient (Wildman–Crippen LogP) is 3.25. The summed E-state index contributed by atoms with van der Waals surface area (Å²) in [5.41, 5.74) is 2.54. The molecule has 6 heteroatoms. The van der Waals surface area contributed by atoms with Gasteiger partial charge in [-0.15, -0.1) is 0 Å². The Morgan fingerprint density at radius 2 is 2.10 bits per heavy atom. The van der Waals surface area contributed by atoms with Gasteiger partial charge in [0, 0.05) is 11.6 Å². The molecule has 1 N–H and O–H groups in total. The molecule has 0 fully saturated rings. The molecular weight excluding hydrogens is 354 g/mol. The molecule has 114 valence electrons. The van der Waals surface area contributed by atoms with Crippen LogP contribution in [0.25, 0.3) is 0 Å². The fourth-order valence-corrected chi connectivity index (χ4v) is 3.01. The maximum atomic E-state index is 10.7. The second kappa shape index (κ2) is 6.92. The third-order valence-electron chi connectivity index (χ3n) is 3.23. The average molecular weight is 373 g/mol. The van der Waals surface area contributed by atoms with Crippen LogP contribution in [-0.2, 0) is 6.54 Å². The number of aryl methyl sites for hydroxylation is 1. The van der Waals surface area contributed by atoms with Crippen molar-refractivity contribution in [2.75, 3.05) is 20.6 Å². The number of hydrogen-bond acceptors (Lipinski definition) is 3. The van der Waals surface area contributed by atoms with E-state index in [4.69, 9.17) is 11.6 Å². The van der Waals surface area contributed by atoms with E-state index >= 15 is 0 Å². The van der Waals surface area contributed by atoms with E-state index in [1.165, 1.54) is 0 Å². The van der Waals surface area contributed by atoms with Crippen LogP contribution >= 0.6 is 27.5 Å². The van der Waals surface area contributed by atoms with Crippen molar-refractivity contribution in [1.82, 2.24) is 14.7 Å². The lowest BCUT2D eigenvalue weighted by atomic mass is 10.0. The van der Waals surface area contributed by atoms with Crippen LogP contribution in [0, 0.1) is 6.92 Å². The van der Waals surface area contributed by atoms with Crippen molar-refractivity contribution >= 4 is 27.5 Å². The Morgan fingerprint density at radius 1 is 1.38 bits per heavy atom. The Morgan fingerprint density at radius 3 is 2.71 bits per heavy atom. The fourth-order valence-electron chi connectivity index (χ4n) is 2.20. The highest BCUT2D eigenvalue weighted by molar-refractivity contribution is 9.10. The molecule has 0 radical (unpaired) electrons. The molecule has 0 saturated carbocycles. The minimum atomic E-state index is -0.763. The number of rotatable bonds is 5. The van der Waals surface area contributed by atoms with Gasteiger partial charge in [-0.1, -0.05) is 17.7 Å². The summed E-state index contributed by atoms with van der Waals surface area (Å²) in [6.45, 7) is 3.52. The molecule has 0 saturated heterocycles. The first kappa shape index (κ1) is 16.5. The van der Waals surface area contributed by atoms with Gasteiger partial charge in [0.25, 0.3) is 0 Å². The Bertz CT molecular complexity index is 607. The van der Waals surface area contributed by atoms with Gasteiger partial charge in [-0.3, -0.25) is 4.68 Å². The third-order valence-corrected chi connectivity index (χ3v) is 4.06. The van der Waals surface area contributed by atoms with Gasteiger partial charge in [0.1, 0.15) is 6.10 Å². The zero-order valence-electron chi connectivity index (χ0n) is 12.3. The molecule has 1 atom stereocenters. The van der Waals surface area contributed by atoms with Gasteiger partial charge in [-0.25, -0.2) is 0 Å². The number of benzene rings is 1. The number of halogens is 2. The molecule has 1 heterocycles. The summed E-state index contributed by atoms with van der Waals surface area (Å²) in [6, 6.07) is 5.59. The zero-order chi connectivity index (χ0) is 15.6. The molecule has 0 aliphatic rings. The van der Waals surface area contributed by atoms with Crippen molar-refractivity contribution in [2.24, 2.45) is 0 Å². The lowest BCUT2D eigenvalue weighted by Crippen LogP contribution is -2.21. The molecule has 0 bridgehead atoms. The van der Waals surface area contributed by atoms with Gasteiger partial charge in [0.05, 0.1) is 22.9 Å². The van der Waals surface area contributed by atoms with Crippen molar-refractivity contribution in [3.8, 4) is 0 Å². The van der Waals surface area contributed by atoms with Crippen LogP contribution in [0.15, 0.2) is 28.9 Å². The first-order valence-corrected chi connectivity index (χ1v) is 7.86. The summed E-state index contributed by atoms with van der Waals surface area (Å²) in [7, 11) is 4.02. The molecule has 4 nitrogen and oxygen atoms in total. The van der Waals surface area contributed by atoms with Gasteiger partial charge in [0.15, 0.2) is 0 Å². The van der Waals surface area contributed by atoms with Crippen molar-refractivity contribution in [1.29, 1.82) is 0 Å². The van der Waals surface area contributed by atoms with Gasteiger partial charge in [0.2, 0.25) is 0 Å². The van der Waals surface area contributed by atoms with Crippen LogP contribution in [-0.4, -0.2) is 40.4 Å². The molecule has 2 aromatic rings. The summed E-state index contributed by atoms with van der Waals surface area (Å²) >= 11 is 9.56. The smallest absolute Gasteiger partial charge is 0.122 e. The first-order valence-electron chi connectivity index (χ1n) is 6.69. The van der Waals surface area contributed by atoms with E-state index in [-0.39, 0.29) is 0 Å². The lowest BCUT2D eigenvalue weighted by Gasteiger charge is -2.17. The number of hydrogen-bond donors (Lipinski definition) is 1. The molecule has 21 heavy (non-hydrogen) atoms. The van der Waals surface area contributed by atoms with Crippen LogP contribution in [0.5, 0.6) is 0 Å². The largest absolute Gasteiger partial charge is 0.382 e. The minimum Gasteiger partial charge on any atom is -0.382 e. The molecule has 0 amide bonds. The van der Waals surface area contributed by atoms with Crippen molar-refractivity contribution < 1.29 is 5.11 Å². The van der Waals surface area contributed by atoms with E-state index in [1.54, 1.807) is 12.3 Å². The number of aliphatic hydroxyl groups excluding tert-OH is 1. The standard InChI is InChI=1S/C15H19BrClN3O/c1-10-6-11(8-12(17)7-10)15(21)14-13(16)9-18-20(14)5-4-19(2)3/h6-9,15,21H,4-5H2,1-3H3. The Hall–Kier alpha value is -0.880. The van der Waals surface area contributed by atoms with Crippen molar-refractivity contribution in [2.45, 2.75) is 19.6 Å². The molecule has 1 unspecified atom stereocenters. The highest BCUT2D eigenvalue weighted by atomic mass is 79.9. The summed E-state index contributed by atoms with van der Waals surface area (Å²) in [6.07, 6.45) is 0.951. The van der Waals surface area contributed by atoms with Crippen LogP contribution in [0.4, 0.5) is 0 Å². The van der Waals surface area contributed by atoms with Crippen LogP contribution < -0.4 is 0 Å². The maximum absolute atomic E-state index is 10.7.